The molecule has 1 aliphatic rings. The molecular weight excluding hydrogens is 265 g/mol. The molecule has 0 aromatic heterocycles. The third-order valence-corrected chi connectivity index (χ3v) is 3.45. The monoisotopic (exact) mass is 282 g/mol. The van der Waals surface area contributed by atoms with Gasteiger partial charge < -0.3 is 15.7 Å². The molecule has 0 radical (unpaired) electrons. The molecule has 8 heteroatoms. The number of nitrogens with two attached hydrogens (primary N) is 1. The summed E-state index contributed by atoms with van der Waals surface area (Å²) in [6.45, 7) is 0.707. The highest BCUT2D eigenvalue weighted by atomic mass is 19.4. The Morgan fingerprint density at radius 1 is 1.47 bits per heavy atom. The van der Waals surface area contributed by atoms with Crippen LogP contribution in [0, 0.1) is 5.41 Å². The first-order valence-electron chi connectivity index (χ1n) is 6.00. The fourth-order valence-corrected chi connectivity index (χ4v) is 2.19. The maximum atomic E-state index is 12.9. The standard InChI is InChI=1S/C11H17F3N2O3/c1-2-3-7(15)8(17)16-5-4-10(6-16,9(18)19)11(12,13)14/h7H,2-6,15H2,1H3,(H,18,19)/t7-,10?/m0/s1. The van der Waals surface area contributed by atoms with Crippen LogP contribution in [0.25, 0.3) is 0 Å². The normalized spacial score (nSPS) is 25.4. The number of alkyl halides is 3. The zero-order valence-corrected chi connectivity index (χ0v) is 10.5. The van der Waals surface area contributed by atoms with Crippen molar-refractivity contribution in [1.82, 2.24) is 4.90 Å². The van der Waals surface area contributed by atoms with Gasteiger partial charge in [0.2, 0.25) is 5.91 Å². The van der Waals surface area contributed by atoms with Crippen LogP contribution in [-0.2, 0) is 9.59 Å². The van der Waals surface area contributed by atoms with Gasteiger partial charge in [-0.2, -0.15) is 13.2 Å². The highest BCUT2D eigenvalue weighted by Gasteiger charge is 2.64. The van der Waals surface area contributed by atoms with Crippen LogP contribution < -0.4 is 5.73 Å². The van der Waals surface area contributed by atoms with Crippen molar-refractivity contribution >= 4 is 11.9 Å². The Labute approximate surface area is 108 Å². The van der Waals surface area contributed by atoms with E-state index in [2.05, 4.69) is 0 Å². The average molecular weight is 282 g/mol. The fourth-order valence-electron chi connectivity index (χ4n) is 2.19. The van der Waals surface area contributed by atoms with Gasteiger partial charge in [0.25, 0.3) is 0 Å². The van der Waals surface area contributed by atoms with E-state index in [1.807, 2.05) is 0 Å². The topological polar surface area (TPSA) is 83.6 Å². The number of amides is 1. The molecule has 0 bridgehead atoms. The molecule has 1 aliphatic heterocycles. The van der Waals surface area contributed by atoms with Gasteiger partial charge in [-0.25, -0.2) is 0 Å². The van der Waals surface area contributed by atoms with Crippen molar-refractivity contribution in [2.45, 2.75) is 38.4 Å². The minimum absolute atomic E-state index is 0.234. The Balaban J connectivity index is 2.86. The third-order valence-electron chi connectivity index (χ3n) is 3.45. The molecule has 0 aromatic rings. The second kappa shape index (κ2) is 5.36. The molecule has 19 heavy (non-hydrogen) atoms. The molecule has 1 rings (SSSR count). The summed E-state index contributed by atoms with van der Waals surface area (Å²) in [5, 5.41) is 8.85. The van der Waals surface area contributed by atoms with Crippen molar-refractivity contribution in [2.24, 2.45) is 11.1 Å². The number of carboxylic acids is 1. The van der Waals surface area contributed by atoms with Crippen molar-refractivity contribution in [3.63, 3.8) is 0 Å². The van der Waals surface area contributed by atoms with Gasteiger partial charge in [-0.15, -0.1) is 0 Å². The quantitative estimate of drug-likeness (QED) is 0.805. The van der Waals surface area contributed by atoms with Crippen LogP contribution in [0.15, 0.2) is 0 Å². The highest BCUT2D eigenvalue weighted by molar-refractivity contribution is 5.84. The molecule has 0 saturated carbocycles. The molecule has 1 heterocycles. The molecule has 5 nitrogen and oxygen atoms in total. The van der Waals surface area contributed by atoms with E-state index in [1.165, 1.54) is 0 Å². The summed E-state index contributed by atoms with van der Waals surface area (Å²) in [6, 6.07) is -0.872. The number of hydrogen-bond acceptors (Lipinski definition) is 3. The molecular formula is C11H17F3N2O3. The number of carbonyl (C=O) groups excluding carboxylic acids is 1. The van der Waals surface area contributed by atoms with Gasteiger partial charge in [0.1, 0.15) is 0 Å². The van der Waals surface area contributed by atoms with Crippen LogP contribution in [0.4, 0.5) is 13.2 Å². The van der Waals surface area contributed by atoms with E-state index in [0.717, 1.165) is 4.90 Å². The molecule has 1 unspecified atom stereocenters. The number of likely N-dealkylation sites (tertiary alicyclic amines) is 1. The van der Waals surface area contributed by atoms with Gasteiger partial charge in [0.15, 0.2) is 5.41 Å². The summed E-state index contributed by atoms with van der Waals surface area (Å²) in [7, 11) is 0. The van der Waals surface area contributed by atoms with Crippen LogP contribution in [0.2, 0.25) is 0 Å². The fraction of sp³-hybridized carbons (Fsp3) is 0.818. The first kappa shape index (κ1) is 15.7. The number of hydrogen-bond donors (Lipinski definition) is 2. The van der Waals surface area contributed by atoms with Crippen LogP contribution in [0.5, 0.6) is 0 Å². The molecule has 0 aliphatic carbocycles. The van der Waals surface area contributed by atoms with Crippen LogP contribution in [0.1, 0.15) is 26.2 Å². The van der Waals surface area contributed by atoms with E-state index >= 15 is 0 Å². The molecule has 1 saturated heterocycles. The van der Waals surface area contributed by atoms with Gasteiger partial charge in [-0.05, 0) is 12.8 Å². The number of carboxylic acid groups (broad SMARTS) is 1. The smallest absolute Gasteiger partial charge is 0.406 e. The van der Waals surface area contributed by atoms with Crippen molar-refractivity contribution in [3.05, 3.63) is 0 Å². The Hall–Kier alpha value is -1.31. The van der Waals surface area contributed by atoms with Gasteiger partial charge >= 0.3 is 12.1 Å². The van der Waals surface area contributed by atoms with Gasteiger partial charge in [-0.1, -0.05) is 13.3 Å². The summed E-state index contributed by atoms with van der Waals surface area (Å²) in [5.74, 6) is -2.56. The van der Waals surface area contributed by atoms with Crippen molar-refractivity contribution in [1.29, 1.82) is 0 Å². The minimum Gasteiger partial charge on any atom is -0.481 e. The lowest BCUT2D eigenvalue weighted by Gasteiger charge is -2.28. The van der Waals surface area contributed by atoms with E-state index in [0.29, 0.717) is 12.8 Å². The first-order valence-corrected chi connectivity index (χ1v) is 6.00. The minimum atomic E-state index is -4.89. The molecule has 3 N–H and O–H groups in total. The number of halogens is 3. The Bertz CT molecular complexity index is 373. The predicted molar refractivity (Wildman–Crippen MR) is 60.2 cm³/mol. The second-order valence-electron chi connectivity index (χ2n) is 4.79. The molecule has 1 amide bonds. The molecule has 1 fully saturated rings. The average Bonchev–Trinajstić information content (AvgIpc) is 2.73. The van der Waals surface area contributed by atoms with Gasteiger partial charge in [0, 0.05) is 13.1 Å². The van der Waals surface area contributed by atoms with Crippen LogP contribution in [0.3, 0.4) is 0 Å². The zero-order chi connectivity index (χ0) is 14.8. The maximum Gasteiger partial charge on any atom is 0.406 e. The largest absolute Gasteiger partial charge is 0.481 e. The predicted octanol–water partition coefficient (Wildman–Crippen LogP) is 0.979. The molecule has 2 atom stereocenters. The van der Waals surface area contributed by atoms with Crippen LogP contribution >= 0.6 is 0 Å². The Kier molecular flexibility index (Phi) is 4.44. The number of rotatable bonds is 4. The summed E-state index contributed by atoms with van der Waals surface area (Å²) in [6.07, 6.45) is -4.52. The first-order chi connectivity index (χ1) is 8.65. The van der Waals surface area contributed by atoms with Gasteiger partial charge in [-0.3, -0.25) is 9.59 Å². The summed E-state index contributed by atoms with van der Waals surface area (Å²) >= 11 is 0. The molecule has 0 aromatic carbocycles. The number of nitrogens with zero attached hydrogens (tertiary/aromatic N) is 1. The zero-order valence-electron chi connectivity index (χ0n) is 10.5. The van der Waals surface area contributed by atoms with E-state index in [-0.39, 0.29) is 6.54 Å². The maximum absolute atomic E-state index is 12.9. The number of aliphatic carboxylic acids is 1. The lowest BCUT2D eigenvalue weighted by Crippen LogP contribution is -2.49. The highest BCUT2D eigenvalue weighted by Crippen LogP contribution is 2.45. The molecule has 0 spiro atoms. The summed E-state index contributed by atoms with van der Waals surface area (Å²) in [5.41, 5.74) is 2.69. The Morgan fingerprint density at radius 3 is 2.42 bits per heavy atom. The van der Waals surface area contributed by atoms with E-state index in [1.54, 1.807) is 6.92 Å². The SMILES string of the molecule is CCC[C@H](N)C(=O)N1CCC(C(=O)O)(C(F)(F)F)C1. The summed E-state index contributed by atoms with van der Waals surface area (Å²) in [4.78, 5) is 23.7. The Morgan fingerprint density at radius 2 is 2.05 bits per heavy atom. The van der Waals surface area contributed by atoms with Crippen molar-refractivity contribution in [3.8, 4) is 0 Å². The van der Waals surface area contributed by atoms with E-state index in [9.17, 15) is 22.8 Å². The van der Waals surface area contributed by atoms with Crippen molar-refractivity contribution in [2.75, 3.05) is 13.1 Å². The third kappa shape index (κ3) is 2.83. The lowest BCUT2D eigenvalue weighted by molar-refractivity contribution is -0.227. The number of carbonyl (C=O) groups is 2. The lowest BCUT2D eigenvalue weighted by atomic mass is 9.86. The van der Waals surface area contributed by atoms with Crippen molar-refractivity contribution < 1.29 is 27.9 Å². The van der Waals surface area contributed by atoms with Gasteiger partial charge in [0.05, 0.1) is 6.04 Å². The van der Waals surface area contributed by atoms with E-state index in [4.69, 9.17) is 10.8 Å². The summed E-state index contributed by atoms with van der Waals surface area (Å²) < 4.78 is 38.7. The molecule has 110 valence electrons. The second-order valence-corrected chi connectivity index (χ2v) is 4.79. The van der Waals surface area contributed by atoms with Crippen LogP contribution in [-0.4, -0.2) is 47.2 Å². The van der Waals surface area contributed by atoms with E-state index < -0.39 is 42.5 Å².